The van der Waals surface area contributed by atoms with Crippen LogP contribution in [0.3, 0.4) is 0 Å². The van der Waals surface area contributed by atoms with Gasteiger partial charge in [0.15, 0.2) is 5.41 Å². The van der Waals surface area contributed by atoms with E-state index in [0.717, 1.165) is 0 Å². The van der Waals surface area contributed by atoms with Gasteiger partial charge in [0.1, 0.15) is 17.4 Å². The molecule has 0 unspecified atom stereocenters. The van der Waals surface area contributed by atoms with Crippen molar-refractivity contribution in [2.45, 2.75) is 32.3 Å². The second kappa shape index (κ2) is 8.29. The summed E-state index contributed by atoms with van der Waals surface area (Å²) in [4.78, 5) is 14.3. The molecule has 2 atom stereocenters. The zero-order chi connectivity index (χ0) is 23.7. The van der Waals surface area contributed by atoms with E-state index in [-0.39, 0.29) is 24.4 Å². The number of benzene rings is 1. The van der Waals surface area contributed by atoms with E-state index in [4.69, 9.17) is 15.2 Å². The predicted octanol–water partition coefficient (Wildman–Crippen LogP) is 3.36. The molecule has 0 aromatic heterocycles. The molecule has 1 aliphatic heterocycles. The van der Waals surface area contributed by atoms with Gasteiger partial charge in [0.2, 0.25) is 0 Å². The number of ether oxygens (including phenoxy) is 2. The first-order valence-corrected chi connectivity index (χ1v) is 10.2. The molecule has 0 saturated heterocycles. The van der Waals surface area contributed by atoms with Crippen molar-refractivity contribution in [3.8, 4) is 24.0 Å². The van der Waals surface area contributed by atoms with Gasteiger partial charge >= 0.3 is 6.09 Å². The van der Waals surface area contributed by atoms with Crippen LogP contribution in [0.2, 0.25) is 0 Å². The molecule has 164 valence electrons. The molecular weight excluding hydrogens is 406 g/mol. The fourth-order valence-electron chi connectivity index (χ4n) is 4.34. The second-order valence-electron chi connectivity index (χ2n) is 8.83. The third-order valence-electron chi connectivity index (χ3n) is 5.79. The van der Waals surface area contributed by atoms with Crippen molar-refractivity contribution in [3.05, 3.63) is 52.7 Å². The third-order valence-corrected chi connectivity index (χ3v) is 5.79. The van der Waals surface area contributed by atoms with Crippen LogP contribution in [0.1, 0.15) is 32.3 Å². The van der Waals surface area contributed by atoms with E-state index in [2.05, 4.69) is 18.2 Å². The summed E-state index contributed by atoms with van der Waals surface area (Å²) in [5.74, 6) is -0.567. The highest BCUT2D eigenvalue weighted by atomic mass is 16.6. The Bertz CT molecular complexity index is 1090. The molecule has 1 aromatic carbocycles. The third kappa shape index (κ3) is 3.74. The number of nitriles is 3. The fourth-order valence-corrected chi connectivity index (χ4v) is 4.34. The van der Waals surface area contributed by atoms with Crippen LogP contribution >= 0.6 is 0 Å². The van der Waals surface area contributed by atoms with Gasteiger partial charge in [-0.15, -0.1) is 0 Å². The highest BCUT2D eigenvalue weighted by molar-refractivity contribution is 5.70. The van der Waals surface area contributed by atoms with E-state index in [9.17, 15) is 20.6 Å². The quantitative estimate of drug-likeness (QED) is 0.758. The van der Waals surface area contributed by atoms with E-state index in [1.54, 1.807) is 58.2 Å². The zero-order valence-corrected chi connectivity index (χ0v) is 18.5. The highest BCUT2D eigenvalue weighted by Gasteiger charge is 2.54. The molecule has 0 radical (unpaired) electrons. The number of nitrogens with zero attached hydrogens (tertiary/aromatic N) is 4. The number of hydrogen-bond donors (Lipinski definition) is 1. The number of amides is 1. The zero-order valence-electron chi connectivity index (χ0n) is 18.5. The van der Waals surface area contributed by atoms with E-state index < -0.39 is 28.9 Å². The van der Waals surface area contributed by atoms with Crippen molar-refractivity contribution in [3.63, 3.8) is 0 Å². The van der Waals surface area contributed by atoms with Crippen molar-refractivity contribution >= 4 is 6.09 Å². The Morgan fingerprint density at radius 1 is 1.19 bits per heavy atom. The molecule has 8 nitrogen and oxygen atoms in total. The summed E-state index contributed by atoms with van der Waals surface area (Å²) in [5.41, 5.74) is 5.27. The number of nitrogens with two attached hydrogens (primary N) is 1. The normalized spacial score (nSPS) is 21.9. The summed E-state index contributed by atoms with van der Waals surface area (Å²) in [6.45, 7) is 5.77. The van der Waals surface area contributed by atoms with Crippen molar-refractivity contribution < 1.29 is 14.3 Å². The number of fused-ring (bicyclic) bond motifs is 1. The summed E-state index contributed by atoms with van der Waals surface area (Å²) < 4.78 is 10.7. The number of methoxy groups -OCH3 is 1. The average molecular weight is 431 g/mol. The van der Waals surface area contributed by atoms with E-state index in [1.165, 1.54) is 4.90 Å². The average Bonchev–Trinajstić information content (AvgIpc) is 2.77. The lowest BCUT2D eigenvalue weighted by molar-refractivity contribution is 0.0224. The van der Waals surface area contributed by atoms with Gasteiger partial charge in [-0.1, -0.05) is 18.2 Å². The highest BCUT2D eigenvalue weighted by Crippen LogP contribution is 2.54. The van der Waals surface area contributed by atoms with Crippen LogP contribution in [0.4, 0.5) is 4.79 Å². The lowest BCUT2D eigenvalue weighted by atomic mass is 9.58. The van der Waals surface area contributed by atoms with E-state index in [1.807, 2.05) is 0 Å². The summed E-state index contributed by atoms with van der Waals surface area (Å²) >= 11 is 0. The maximum Gasteiger partial charge on any atom is 0.410 e. The van der Waals surface area contributed by atoms with E-state index in [0.29, 0.717) is 16.9 Å². The number of rotatable bonds is 2. The number of carbonyl (C=O) groups excluding carboxylic acids is 1. The minimum Gasteiger partial charge on any atom is -0.497 e. The van der Waals surface area contributed by atoms with Gasteiger partial charge in [0.25, 0.3) is 0 Å². The molecule has 1 aromatic rings. The lowest BCUT2D eigenvalue weighted by Crippen LogP contribution is -2.50. The van der Waals surface area contributed by atoms with Gasteiger partial charge in [-0.3, -0.25) is 0 Å². The minimum atomic E-state index is -1.77. The molecule has 3 rings (SSSR count). The molecule has 2 aliphatic rings. The standard InChI is InChI=1S/C24H25N5O3/c1-23(2,3)32-22(30)29-10-9-17-18(11-25)21(28)24(13-26,14-27)20(19(17)12-29)15-5-7-16(31-4)8-6-15/h5-9,19-20H,10,12,28H2,1-4H3/t19-,20+/m1/s1. The molecule has 1 heterocycles. The summed E-state index contributed by atoms with van der Waals surface area (Å²) in [5, 5.41) is 30.1. The van der Waals surface area contributed by atoms with Crippen LogP contribution in [0.5, 0.6) is 5.75 Å². The molecule has 1 aliphatic carbocycles. The molecule has 0 fully saturated rings. The van der Waals surface area contributed by atoms with Crippen LogP contribution in [0.25, 0.3) is 0 Å². The van der Waals surface area contributed by atoms with E-state index >= 15 is 0 Å². The van der Waals surface area contributed by atoms with Gasteiger partial charge in [0, 0.05) is 24.9 Å². The second-order valence-corrected chi connectivity index (χ2v) is 8.83. The number of allylic oxidation sites excluding steroid dienone is 2. The molecule has 2 N–H and O–H groups in total. The molecule has 1 amide bonds. The number of carbonyl (C=O) groups is 1. The Labute approximate surface area is 187 Å². The Balaban J connectivity index is 2.17. The minimum absolute atomic E-state index is 0.0564. The van der Waals surface area contributed by atoms with Crippen LogP contribution < -0.4 is 10.5 Å². The van der Waals surface area contributed by atoms with Gasteiger partial charge in [0.05, 0.1) is 30.5 Å². The Morgan fingerprint density at radius 2 is 1.81 bits per heavy atom. The van der Waals surface area contributed by atoms with Crippen molar-refractivity contribution in [1.82, 2.24) is 4.90 Å². The van der Waals surface area contributed by atoms with Crippen LogP contribution in [-0.4, -0.2) is 36.8 Å². The van der Waals surface area contributed by atoms with Crippen molar-refractivity contribution in [1.29, 1.82) is 15.8 Å². The molecular formula is C24H25N5O3. The predicted molar refractivity (Wildman–Crippen MR) is 116 cm³/mol. The van der Waals surface area contributed by atoms with Crippen molar-refractivity contribution in [2.24, 2.45) is 17.1 Å². The lowest BCUT2D eigenvalue weighted by Gasteiger charge is -2.45. The largest absolute Gasteiger partial charge is 0.497 e. The summed E-state index contributed by atoms with van der Waals surface area (Å²) in [7, 11) is 1.55. The molecule has 0 spiro atoms. The topological polar surface area (TPSA) is 136 Å². The summed E-state index contributed by atoms with van der Waals surface area (Å²) in [6, 6.07) is 13.3. The molecule has 0 saturated carbocycles. The van der Waals surface area contributed by atoms with Gasteiger partial charge in [-0.05, 0) is 44.0 Å². The first kappa shape index (κ1) is 22.7. The van der Waals surface area contributed by atoms with Crippen molar-refractivity contribution in [2.75, 3.05) is 20.2 Å². The molecule has 8 heteroatoms. The molecule has 0 bridgehead atoms. The Kier molecular flexibility index (Phi) is 5.88. The first-order chi connectivity index (χ1) is 15.1. The summed E-state index contributed by atoms with van der Waals surface area (Å²) in [6.07, 6.45) is 1.26. The Morgan fingerprint density at radius 3 is 2.31 bits per heavy atom. The van der Waals surface area contributed by atoms with Gasteiger partial charge < -0.3 is 20.1 Å². The van der Waals surface area contributed by atoms with Crippen LogP contribution in [-0.2, 0) is 4.74 Å². The smallest absolute Gasteiger partial charge is 0.410 e. The maximum absolute atomic E-state index is 12.8. The van der Waals surface area contributed by atoms with Gasteiger partial charge in [-0.25, -0.2) is 4.79 Å². The Hall–Kier alpha value is -3.96. The van der Waals surface area contributed by atoms with Gasteiger partial charge in [-0.2, -0.15) is 15.8 Å². The van der Waals surface area contributed by atoms with Crippen LogP contribution in [0.15, 0.2) is 47.2 Å². The maximum atomic E-state index is 12.8. The SMILES string of the molecule is COc1ccc([C@H]2[C@@H]3CN(C(=O)OC(C)(C)C)CC=C3C(C#N)=C(N)C2(C#N)C#N)cc1. The first-order valence-electron chi connectivity index (χ1n) is 10.2. The monoisotopic (exact) mass is 431 g/mol. The fraction of sp³-hybridized carbons (Fsp3) is 0.417. The molecule has 32 heavy (non-hydrogen) atoms. The van der Waals surface area contributed by atoms with Crippen LogP contribution in [0, 0.1) is 45.3 Å². The number of hydrogen-bond acceptors (Lipinski definition) is 7.